The van der Waals surface area contributed by atoms with Crippen molar-refractivity contribution in [3.05, 3.63) is 137 Å². The van der Waals surface area contributed by atoms with Crippen LogP contribution in [-0.2, 0) is 19.3 Å². The molecule has 0 spiro atoms. The second kappa shape index (κ2) is 10.0. The molecule has 2 aromatic heterocycles. The van der Waals surface area contributed by atoms with Gasteiger partial charge in [-0.1, -0.05) is 105 Å². The van der Waals surface area contributed by atoms with Gasteiger partial charge in [0.25, 0.3) is 0 Å². The highest BCUT2D eigenvalue weighted by Crippen LogP contribution is 2.55. The van der Waals surface area contributed by atoms with Gasteiger partial charge in [0, 0.05) is 28.5 Å². The number of rotatable bonds is 4. The average molecular weight is 581 g/mol. The number of hydrogen-bond acceptors (Lipinski definition) is 1. The Morgan fingerprint density at radius 1 is 0.756 bits per heavy atom. The number of aromatic nitrogens is 2. The molecule has 7 aromatic rings. The van der Waals surface area contributed by atoms with Crippen LogP contribution in [0.15, 0.2) is 103 Å². The van der Waals surface area contributed by atoms with Crippen molar-refractivity contribution in [2.45, 2.75) is 52.4 Å². The molecule has 0 saturated carbocycles. The van der Waals surface area contributed by atoms with E-state index in [0.717, 1.165) is 31.5 Å². The topological polar surface area (TPSA) is 17.8 Å². The number of benzene rings is 5. The second-order valence-corrected chi connectivity index (χ2v) is 12.7. The molecule has 2 aliphatic rings. The smallest absolute Gasteiger partial charge is 0.141 e. The van der Waals surface area contributed by atoms with Crippen LogP contribution < -0.4 is 0 Å². The van der Waals surface area contributed by atoms with Crippen LogP contribution in [0.25, 0.3) is 66.7 Å². The summed E-state index contributed by atoms with van der Waals surface area (Å²) in [6, 6.07) is 34.5. The number of fused-ring (bicyclic) bond motifs is 14. The van der Waals surface area contributed by atoms with E-state index in [4.69, 9.17) is 4.98 Å². The Labute approximate surface area is 264 Å². The lowest BCUT2D eigenvalue weighted by Crippen LogP contribution is -2.09. The summed E-state index contributed by atoms with van der Waals surface area (Å²) in [6.45, 7) is 6.66. The fraction of sp³-hybridized carbons (Fsp3) is 0.186. The third-order valence-electron chi connectivity index (χ3n) is 10.5. The monoisotopic (exact) mass is 580 g/mol. The standard InChI is InChI=1S/C43H36N2/c1-4-13-27-25-44-43(29(6-3)28(27)5-2)45-39-19-12-11-18-34(39)38-24-37-32-17-10-9-16-31(32)33-22-23-36(37)41(42(38)45)40-30-15-8-7-14-26(30)20-21-35(33)40/h4,7-21,24-25,33H,5-6,22-23H2,1-3H3/b13-4-. The molecule has 0 fully saturated rings. The molecule has 1 unspecified atom stereocenters. The van der Waals surface area contributed by atoms with Gasteiger partial charge in [-0.25, -0.2) is 4.98 Å². The SMILES string of the molecule is C/C=C\c1cnc(-n2c3ccccc3c3cc4c5c(c32)-c2c(ccc3ccccc23)C(CC5)c2ccccc2-4)c(CC)c1CC. The van der Waals surface area contributed by atoms with Gasteiger partial charge in [0.2, 0.25) is 0 Å². The van der Waals surface area contributed by atoms with E-state index in [9.17, 15) is 0 Å². The van der Waals surface area contributed by atoms with Gasteiger partial charge in [0.1, 0.15) is 5.82 Å². The van der Waals surface area contributed by atoms with Crippen LogP contribution in [0.4, 0.5) is 0 Å². The summed E-state index contributed by atoms with van der Waals surface area (Å²) in [4.78, 5) is 5.31. The molecule has 0 saturated heterocycles. The predicted molar refractivity (Wildman–Crippen MR) is 191 cm³/mol. The molecule has 45 heavy (non-hydrogen) atoms. The molecule has 2 nitrogen and oxygen atoms in total. The first kappa shape index (κ1) is 26.5. The third-order valence-corrected chi connectivity index (χ3v) is 10.5. The second-order valence-electron chi connectivity index (χ2n) is 12.7. The van der Waals surface area contributed by atoms with Crippen molar-refractivity contribution in [3.63, 3.8) is 0 Å². The number of allylic oxidation sites excluding steroid dienone is 1. The zero-order chi connectivity index (χ0) is 30.2. The maximum atomic E-state index is 5.31. The highest BCUT2D eigenvalue weighted by Gasteiger charge is 2.35. The van der Waals surface area contributed by atoms with Crippen LogP contribution in [0.3, 0.4) is 0 Å². The summed E-state index contributed by atoms with van der Waals surface area (Å²) >= 11 is 0. The molecule has 0 aliphatic heterocycles. The zero-order valence-corrected chi connectivity index (χ0v) is 26.2. The summed E-state index contributed by atoms with van der Waals surface area (Å²) < 4.78 is 2.53. The van der Waals surface area contributed by atoms with E-state index in [0.29, 0.717) is 5.92 Å². The van der Waals surface area contributed by atoms with E-state index < -0.39 is 0 Å². The molecule has 2 heterocycles. The van der Waals surface area contributed by atoms with Gasteiger partial charge < -0.3 is 0 Å². The molecule has 9 rings (SSSR count). The van der Waals surface area contributed by atoms with Gasteiger partial charge in [-0.05, 0) is 106 Å². The molecular formula is C43H36N2. The Kier molecular flexibility index (Phi) is 5.90. The largest absolute Gasteiger partial charge is 0.293 e. The molecule has 218 valence electrons. The first-order valence-corrected chi connectivity index (χ1v) is 16.6. The summed E-state index contributed by atoms with van der Waals surface area (Å²) in [5.74, 6) is 1.43. The van der Waals surface area contributed by atoms with Crippen molar-refractivity contribution in [1.29, 1.82) is 0 Å². The zero-order valence-electron chi connectivity index (χ0n) is 26.2. The number of hydrogen-bond donors (Lipinski definition) is 0. The lowest BCUT2D eigenvalue weighted by molar-refractivity contribution is 0.736. The first-order valence-electron chi connectivity index (χ1n) is 16.6. The van der Waals surface area contributed by atoms with Crippen molar-refractivity contribution in [1.82, 2.24) is 9.55 Å². The molecule has 2 heteroatoms. The summed E-state index contributed by atoms with van der Waals surface area (Å²) in [5, 5.41) is 5.25. The fourth-order valence-corrected chi connectivity index (χ4v) is 8.73. The Morgan fingerprint density at radius 2 is 1.53 bits per heavy atom. The van der Waals surface area contributed by atoms with Gasteiger partial charge in [0.15, 0.2) is 0 Å². The van der Waals surface area contributed by atoms with Crippen molar-refractivity contribution in [3.8, 4) is 28.1 Å². The van der Waals surface area contributed by atoms with Crippen LogP contribution in [0, 0.1) is 0 Å². The van der Waals surface area contributed by atoms with E-state index in [1.165, 1.54) is 88.2 Å². The minimum absolute atomic E-state index is 0.356. The minimum atomic E-state index is 0.356. The van der Waals surface area contributed by atoms with Crippen LogP contribution in [0.2, 0.25) is 0 Å². The van der Waals surface area contributed by atoms with Gasteiger partial charge in [-0.15, -0.1) is 0 Å². The van der Waals surface area contributed by atoms with Crippen LogP contribution in [0.1, 0.15) is 66.5 Å². The number of pyridine rings is 1. The third kappa shape index (κ3) is 3.60. The Hall–Kier alpha value is -4.95. The quantitative estimate of drug-likeness (QED) is 0.202. The maximum Gasteiger partial charge on any atom is 0.141 e. The lowest BCUT2D eigenvalue weighted by atomic mass is 9.78. The highest BCUT2D eigenvalue weighted by atomic mass is 15.1. The van der Waals surface area contributed by atoms with Crippen LogP contribution >= 0.6 is 0 Å². The van der Waals surface area contributed by atoms with Crippen molar-refractivity contribution >= 4 is 38.7 Å². The lowest BCUT2D eigenvalue weighted by Gasteiger charge is -2.26. The van der Waals surface area contributed by atoms with E-state index in [-0.39, 0.29) is 0 Å². The summed E-state index contributed by atoms with van der Waals surface area (Å²) in [6.07, 6.45) is 10.5. The molecule has 0 radical (unpaired) electrons. The molecule has 1 atom stereocenters. The summed E-state index contributed by atoms with van der Waals surface area (Å²) in [7, 11) is 0. The highest BCUT2D eigenvalue weighted by molar-refractivity contribution is 6.19. The molecule has 2 aliphatic carbocycles. The van der Waals surface area contributed by atoms with Crippen LogP contribution in [-0.4, -0.2) is 9.55 Å². The van der Waals surface area contributed by atoms with E-state index in [2.05, 4.69) is 135 Å². The van der Waals surface area contributed by atoms with E-state index in [1.807, 2.05) is 0 Å². The van der Waals surface area contributed by atoms with Crippen LogP contribution in [0.5, 0.6) is 0 Å². The molecule has 0 amide bonds. The van der Waals surface area contributed by atoms with Gasteiger partial charge in [-0.2, -0.15) is 0 Å². The summed E-state index contributed by atoms with van der Waals surface area (Å²) in [5.41, 5.74) is 16.5. The molecule has 5 aromatic carbocycles. The average Bonchev–Trinajstić information content (AvgIpc) is 3.19. The number of nitrogens with zero attached hydrogens (tertiary/aromatic N) is 2. The van der Waals surface area contributed by atoms with Gasteiger partial charge in [0.05, 0.1) is 11.0 Å². The molecule has 0 N–H and O–H groups in total. The Balaban J connectivity index is 1.55. The fourth-order valence-electron chi connectivity index (χ4n) is 8.73. The minimum Gasteiger partial charge on any atom is -0.293 e. The Bertz CT molecular complexity index is 2370. The number of para-hydroxylation sites is 1. The van der Waals surface area contributed by atoms with Crippen molar-refractivity contribution < 1.29 is 0 Å². The van der Waals surface area contributed by atoms with E-state index >= 15 is 0 Å². The predicted octanol–water partition coefficient (Wildman–Crippen LogP) is 11.2. The first-order chi connectivity index (χ1) is 22.2. The van der Waals surface area contributed by atoms with Gasteiger partial charge >= 0.3 is 0 Å². The Morgan fingerprint density at radius 3 is 2.38 bits per heavy atom. The van der Waals surface area contributed by atoms with Crippen molar-refractivity contribution in [2.24, 2.45) is 0 Å². The van der Waals surface area contributed by atoms with E-state index in [1.54, 1.807) is 0 Å². The molecular weight excluding hydrogens is 544 g/mol. The molecule has 2 bridgehead atoms. The normalized spacial score (nSPS) is 15.1. The van der Waals surface area contributed by atoms with Crippen molar-refractivity contribution in [2.75, 3.05) is 0 Å². The van der Waals surface area contributed by atoms with Gasteiger partial charge in [-0.3, -0.25) is 4.57 Å². The maximum absolute atomic E-state index is 5.31.